The molecule has 0 N–H and O–H groups in total. The van der Waals surface area contributed by atoms with Gasteiger partial charge in [0.25, 0.3) is 0 Å². The maximum Gasteiger partial charge on any atom is 0.0547 e. The zero-order valence-electron chi connectivity index (χ0n) is 21.2. The molecule has 1 heterocycles. The third kappa shape index (κ3) is 2.79. The van der Waals surface area contributed by atoms with Crippen LogP contribution in [-0.2, 0) is 0 Å². The minimum atomic E-state index is 1.18. The molecule has 0 unspecified atom stereocenters. The van der Waals surface area contributed by atoms with Crippen LogP contribution in [0.15, 0.2) is 140 Å². The number of nitrogens with zero attached hydrogens (tertiary/aromatic N) is 1. The SMILES string of the molecule is c1ccc2c(-c3ccc(-n4c5ccccc5c5c6c(ccc54)-c4cccc5cccc-6c45)cc3)cccc2c1. The topological polar surface area (TPSA) is 4.93 Å². The molecule has 1 nitrogen and oxygen atoms in total. The highest BCUT2D eigenvalue weighted by Crippen LogP contribution is 2.52. The molecule has 0 fully saturated rings. The van der Waals surface area contributed by atoms with Crippen molar-refractivity contribution in [2.24, 2.45) is 0 Å². The number of hydrogen-bond donors (Lipinski definition) is 0. The summed E-state index contributed by atoms with van der Waals surface area (Å²) in [6, 6.07) is 51.1. The Morgan fingerprint density at radius 2 is 1.03 bits per heavy atom. The largest absolute Gasteiger partial charge is 0.309 e. The number of fused-ring (bicyclic) bond motifs is 8. The van der Waals surface area contributed by atoms with Crippen LogP contribution < -0.4 is 0 Å². The normalized spacial score (nSPS) is 12.1. The van der Waals surface area contributed by atoms with Gasteiger partial charge in [-0.1, -0.05) is 115 Å². The molecule has 180 valence electrons. The summed E-state index contributed by atoms with van der Waals surface area (Å²) in [5.41, 5.74) is 11.6. The summed E-state index contributed by atoms with van der Waals surface area (Å²) in [5, 5.41) is 7.87. The summed E-state index contributed by atoms with van der Waals surface area (Å²) in [4.78, 5) is 0. The van der Waals surface area contributed by atoms with Crippen molar-refractivity contribution < 1.29 is 0 Å². The van der Waals surface area contributed by atoms with Crippen LogP contribution in [-0.4, -0.2) is 4.57 Å². The Hall–Kier alpha value is -5.14. The van der Waals surface area contributed by atoms with Crippen molar-refractivity contribution >= 4 is 43.4 Å². The maximum absolute atomic E-state index is 2.43. The number of para-hydroxylation sites is 1. The van der Waals surface area contributed by atoms with Crippen LogP contribution in [0.1, 0.15) is 0 Å². The minimum absolute atomic E-state index is 1.18. The van der Waals surface area contributed by atoms with Crippen molar-refractivity contribution in [3.05, 3.63) is 140 Å². The summed E-state index contributed by atoms with van der Waals surface area (Å²) in [7, 11) is 0. The zero-order valence-corrected chi connectivity index (χ0v) is 21.2. The van der Waals surface area contributed by atoms with Crippen LogP contribution >= 0.6 is 0 Å². The van der Waals surface area contributed by atoms with E-state index in [9.17, 15) is 0 Å². The smallest absolute Gasteiger partial charge is 0.0547 e. The molecule has 1 aromatic heterocycles. The highest BCUT2D eigenvalue weighted by molar-refractivity contribution is 6.26. The van der Waals surface area contributed by atoms with E-state index >= 15 is 0 Å². The van der Waals surface area contributed by atoms with Crippen molar-refractivity contribution in [3.63, 3.8) is 0 Å². The summed E-state index contributed by atoms with van der Waals surface area (Å²) in [6.07, 6.45) is 0. The second-order valence-corrected chi connectivity index (χ2v) is 10.5. The summed E-state index contributed by atoms with van der Waals surface area (Å²) < 4.78 is 2.43. The summed E-state index contributed by atoms with van der Waals surface area (Å²) in [6.45, 7) is 0. The molecule has 0 bridgehead atoms. The molecule has 1 aliphatic carbocycles. The van der Waals surface area contributed by atoms with Crippen molar-refractivity contribution in [1.82, 2.24) is 4.57 Å². The van der Waals surface area contributed by atoms with Crippen LogP contribution in [0.2, 0.25) is 0 Å². The van der Waals surface area contributed by atoms with Crippen LogP contribution in [0.25, 0.3) is 82.4 Å². The summed E-state index contributed by atoms with van der Waals surface area (Å²) >= 11 is 0. The highest BCUT2D eigenvalue weighted by atomic mass is 15.0. The van der Waals surface area contributed by atoms with Gasteiger partial charge in [-0.15, -0.1) is 0 Å². The summed E-state index contributed by atoms with van der Waals surface area (Å²) in [5.74, 6) is 0. The molecular weight excluding hydrogens is 470 g/mol. The van der Waals surface area contributed by atoms with Crippen molar-refractivity contribution in [2.45, 2.75) is 0 Å². The monoisotopic (exact) mass is 493 g/mol. The highest BCUT2D eigenvalue weighted by Gasteiger charge is 2.26. The first-order chi connectivity index (χ1) is 19.4. The molecule has 1 heteroatoms. The molecule has 0 radical (unpaired) electrons. The van der Waals surface area contributed by atoms with Gasteiger partial charge < -0.3 is 4.57 Å². The molecule has 0 saturated carbocycles. The first-order valence-corrected chi connectivity index (χ1v) is 13.5. The number of rotatable bonds is 2. The zero-order chi connectivity index (χ0) is 25.5. The van der Waals surface area contributed by atoms with Gasteiger partial charge in [0.15, 0.2) is 0 Å². The van der Waals surface area contributed by atoms with E-state index < -0.39 is 0 Å². The molecule has 9 rings (SSSR count). The van der Waals surface area contributed by atoms with E-state index in [1.54, 1.807) is 0 Å². The molecule has 7 aromatic carbocycles. The van der Waals surface area contributed by atoms with E-state index in [1.165, 1.54) is 82.4 Å². The Bertz CT molecular complexity index is 2250. The Morgan fingerprint density at radius 3 is 1.87 bits per heavy atom. The minimum Gasteiger partial charge on any atom is -0.309 e. The lowest BCUT2D eigenvalue weighted by Gasteiger charge is -2.11. The Morgan fingerprint density at radius 1 is 0.359 bits per heavy atom. The fourth-order valence-corrected chi connectivity index (χ4v) is 6.88. The fourth-order valence-electron chi connectivity index (χ4n) is 6.88. The molecule has 39 heavy (non-hydrogen) atoms. The predicted octanol–water partition coefficient (Wildman–Crippen LogP) is 10.4. The molecule has 0 spiro atoms. The third-order valence-corrected chi connectivity index (χ3v) is 8.53. The number of benzene rings is 7. The van der Waals surface area contributed by atoms with Crippen molar-refractivity contribution in [2.75, 3.05) is 0 Å². The van der Waals surface area contributed by atoms with Crippen LogP contribution in [0.3, 0.4) is 0 Å². The lowest BCUT2D eigenvalue weighted by molar-refractivity contribution is 1.18. The Balaban J connectivity index is 1.30. The molecule has 0 aliphatic heterocycles. The van der Waals surface area contributed by atoms with Gasteiger partial charge >= 0.3 is 0 Å². The molecule has 1 aliphatic rings. The van der Waals surface area contributed by atoms with Crippen LogP contribution in [0, 0.1) is 0 Å². The molecule has 8 aromatic rings. The van der Waals surface area contributed by atoms with Gasteiger partial charge in [-0.25, -0.2) is 0 Å². The quantitative estimate of drug-likeness (QED) is 0.226. The van der Waals surface area contributed by atoms with E-state index in [2.05, 4.69) is 144 Å². The lowest BCUT2D eigenvalue weighted by Crippen LogP contribution is -1.94. The third-order valence-electron chi connectivity index (χ3n) is 8.53. The van der Waals surface area contributed by atoms with E-state index in [4.69, 9.17) is 0 Å². The fraction of sp³-hybridized carbons (Fsp3) is 0. The van der Waals surface area contributed by atoms with E-state index in [0.717, 1.165) is 0 Å². The molecule has 0 saturated heterocycles. The number of aromatic nitrogens is 1. The second-order valence-electron chi connectivity index (χ2n) is 10.5. The van der Waals surface area contributed by atoms with Gasteiger partial charge in [-0.3, -0.25) is 0 Å². The Labute approximate surface area is 226 Å². The van der Waals surface area contributed by atoms with Crippen molar-refractivity contribution in [1.29, 1.82) is 0 Å². The number of hydrogen-bond acceptors (Lipinski definition) is 0. The standard InChI is InChI=1S/C38H23N/c1-2-12-28-24(8-1)9-5-14-29(28)25-18-20-27(21-19-25)39-34-17-4-3-13-32(34)38-35(39)23-22-31-30-15-6-10-26-11-7-16-33(36(26)30)37(31)38/h1-23H. The van der Waals surface area contributed by atoms with Gasteiger partial charge in [-0.05, 0) is 73.6 Å². The first-order valence-electron chi connectivity index (χ1n) is 13.5. The molecule has 0 atom stereocenters. The van der Waals surface area contributed by atoms with E-state index in [1.807, 2.05) is 0 Å². The van der Waals surface area contributed by atoms with Gasteiger partial charge in [0.1, 0.15) is 0 Å². The first kappa shape index (κ1) is 20.9. The van der Waals surface area contributed by atoms with Crippen LogP contribution in [0.4, 0.5) is 0 Å². The Kier molecular flexibility index (Phi) is 4.11. The predicted molar refractivity (Wildman–Crippen MR) is 166 cm³/mol. The maximum atomic E-state index is 2.43. The molecular formula is C38H23N. The van der Waals surface area contributed by atoms with E-state index in [-0.39, 0.29) is 0 Å². The average Bonchev–Trinajstić information content (AvgIpc) is 3.51. The van der Waals surface area contributed by atoms with Gasteiger partial charge in [0, 0.05) is 22.0 Å². The van der Waals surface area contributed by atoms with Crippen LogP contribution in [0.5, 0.6) is 0 Å². The second kappa shape index (κ2) is 7.69. The average molecular weight is 494 g/mol. The molecule has 0 amide bonds. The van der Waals surface area contributed by atoms with E-state index in [0.29, 0.717) is 0 Å². The lowest BCUT2D eigenvalue weighted by atomic mass is 9.98. The van der Waals surface area contributed by atoms with Gasteiger partial charge in [-0.2, -0.15) is 0 Å². The van der Waals surface area contributed by atoms with Gasteiger partial charge in [0.2, 0.25) is 0 Å². The van der Waals surface area contributed by atoms with Crippen molar-refractivity contribution in [3.8, 4) is 39.1 Å². The van der Waals surface area contributed by atoms with Gasteiger partial charge in [0.05, 0.1) is 11.0 Å².